The maximum atomic E-state index is 12.6. The number of nitrogens with zero attached hydrogens (tertiary/aromatic N) is 1. The number of hydrogen-bond acceptors (Lipinski definition) is 6. The summed E-state index contributed by atoms with van der Waals surface area (Å²) in [6, 6.07) is 0.513. The lowest BCUT2D eigenvalue weighted by atomic mass is 9.48. The van der Waals surface area contributed by atoms with Crippen LogP contribution in [0.15, 0.2) is 35.8 Å². The molecule has 0 radical (unpaired) electrons. The normalized spacial score (nSPS) is 42.0. The van der Waals surface area contributed by atoms with Crippen molar-refractivity contribution < 1.29 is 24.5 Å². The standard InChI is InChI=1S/C18H21NO3.C2H6O2/c1-19-8-7-18-11-4-5-13(20)17(18)22-16-14(21-2)6-3-10(15(16)18)9-12(11)19;3-1-2-4/h3-6,10-12,15,17H,7-9H2,1-2H3;3-4H,1-2H2/t10?,11-,12+,15?,17-,18-;/m0./s1. The summed E-state index contributed by atoms with van der Waals surface area (Å²) in [4.78, 5) is 15.0. The van der Waals surface area contributed by atoms with Crippen LogP contribution in [0.3, 0.4) is 0 Å². The number of aliphatic hydroxyl groups excluding tert-OH is 2. The van der Waals surface area contributed by atoms with Crippen molar-refractivity contribution in [1.82, 2.24) is 4.90 Å². The van der Waals surface area contributed by atoms with Crippen molar-refractivity contribution in [3.63, 3.8) is 0 Å². The van der Waals surface area contributed by atoms with Crippen LogP contribution in [-0.4, -0.2) is 67.0 Å². The van der Waals surface area contributed by atoms with Crippen LogP contribution in [-0.2, 0) is 14.3 Å². The van der Waals surface area contributed by atoms with Gasteiger partial charge in [-0.1, -0.05) is 12.2 Å². The minimum Gasteiger partial charge on any atom is -0.493 e. The van der Waals surface area contributed by atoms with Gasteiger partial charge < -0.3 is 24.6 Å². The Labute approximate surface area is 153 Å². The van der Waals surface area contributed by atoms with Crippen LogP contribution in [0.5, 0.6) is 0 Å². The Morgan fingerprint density at radius 3 is 2.77 bits per heavy atom. The summed E-state index contributed by atoms with van der Waals surface area (Å²) >= 11 is 0. The second-order valence-corrected chi connectivity index (χ2v) is 7.81. The number of likely N-dealkylation sites (tertiary alicyclic amines) is 1. The molecule has 0 aromatic heterocycles. The molecule has 2 saturated heterocycles. The van der Waals surface area contributed by atoms with Gasteiger partial charge in [0.15, 0.2) is 17.6 Å². The second kappa shape index (κ2) is 6.51. The lowest BCUT2D eigenvalue weighted by molar-refractivity contribution is -0.140. The third-order valence-electron chi connectivity index (χ3n) is 6.82. The number of aliphatic hydroxyl groups is 2. The number of carbonyl (C=O) groups excluding carboxylic acids is 1. The summed E-state index contributed by atoms with van der Waals surface area (Å²) in [5.74, 6) is 3.07. The van der Waals surface area contributed by atoms with Crippen molar-refractivity contribution in [2.45, 2.75) is 25.0 Å². The molecule has 0 amide bonds. The van der Waals surface area contributed by atoms with E-state index in [9.17, 15) is 4.79 Å². The van der Waals surface area contributed by atoms with E-state index in [4.69, 9.17) is 19.7 Å². The summed E-state index contributed by atoms with van der Waals surface area (Å²) in [7, 11) is 3.91. The molecule has 3 fully saturated rings. The first kappa shape index (κ1) is 17.8. The van der Waals surface area contributed by atoms with Gasteiger partial charge in [0.1, 0.15) is 5.76 Å². The highest BCUT2D eigenvalue weighted by molar-refractivity contribution is 5.96. The van der Waals surface area contributed by atoms with Gasteiger partial charge in [0.2, 0.25) is 0 Å². The highest BCUT2D eigenvalue weighted by Gasteiger charge is 2.69. The Hall–Kier alpha value is -1.63. The maximum absolute atomic E-state index is 12.6. The van der Waals surface area contributed by atoms with Crippen molar-refractivity contribution in [2.75, 3.05) is 33.9 Å². The van der Waals surface area contributed by atoms with E-state index in [-0.39, 0.29) is 30.5 Å². The van der Waals surface area contributed by atoms with E-state index in [1.54, 1.807) is 13.2 Å². The lowest BCUT2D eigenvalue weighted by Gasteiger charge is -2.59. The van der Waals surface area contributed by atoms with E-state index in [2.05, 4.69) is 24.1 Å². The minimum absolute atomic E-state index is 0.0597. The van der Waals surface area contributed by atoms with Crippen molar-refractivity contribution in [3.8, 4) is 0 Å². The lowest BCUT2D eigenvalue weighted by Crippen LogP contribution is -2.64. The molecule has 1 saturated carbocycles. The number of rotatable bonds is 2. The number of allylic oxidation sites excluding steroid dienone is 3. The van der Waals surface area contributed by atoms with Crippen molar-refractivity contribution >= 4 is 5.78 Å². The van der Waals surface area contributed by atoms with E-state index in [0.29, 0.717) is 23.8 Å². The van der Waals surface area contributed by atoms with Gasteiger partial charge in [-0.2, -0.15) is 0 Å². The molecule has 0 aromatic carbocycles. The minimum atomic E-state index is -0.313. The molecule has 2 heterocycles. The first-order valence-electron chi connectivity index (χ1n) is 9.35. The average Bonchev–Trinajstić information content (AvgIpc) is 3.02. The second-order valence-electron chi connectivity index (χ2n) is 7.81. The van der Waals surface area contributed by atoms with Gasteiger partial charge in [-0.3, -0.25) is 4.79 Å². The Morgan fingerprint density at radius 2 is 2.08 bits per heavy atom. The molecular weight excluding hydrogens is 334 g/mol. The Morgan fingerprint density at radius 1 is 1.31 bits per heavy atom. The Kier molecular flexibility index (Phi) is 4.45. The van der Waals surface area contributed by atoms with Crippen molar-refractivity contribution in [1.29, 1.82) is 0 Å². The largest absolute Gasteiger partial charge is 0.493 e. The molecule has 2 aliphatic heterocycles. The van der Waals surface area contributed by atoms with Gasteiger partial charge in [-0.25, -0.2) is 0 Å². The fourth-order valence-corrected chi connectivity index (χ4v) is 5.83. The zero-order valence-electron chi connectivity index (χ0n) is 15.3. The molecule has 2 N–H and O–H groups in total. The number of hydrogen-bond donors (Lipinski definition) is 2. The summed E-state index contributed by atoms with van der Waals surface area (Å²) in [6.07, 6.45) is 10.1. The van der Waals surface area contributed by atoms with Gasteiger partial charge in [-0.05, 0) is 44.5 Å². The number of ether oxygens (including phenoxy) is 2. The summed E-state index contributed by atoms with van der Waals surface area (Å²) in [5, 5.41) is 15.2. The molecular formula is C20H27NO5. The van der Waals surface area contributed by atoms with E-state index in [0.717, 1.165) is 30.9 Å². The van der Waals surface area contributed by atoms with E-state index in [1.165, 1.54) is 0 Å². The SMILES string of the molecule is COC1=C2O[C@H]3C(=O)C=C[C@H]4[C@H]5CC(C=C1)C2[C@@]34CCN5C.OCCO. The van der Waals surface area contributed by atoms with Crippen LogP contribution in [0.2, 0.25) is 0 Å². The summed E-state index contributed by atoms with van der Waals surface area (Å²) < 4.78 is 11.8. The number of methoxy groups -OCH3 is 1. The molecule has 26 heavy (non-hydrogen) atoms. The van der Waals surface area contributed by atoms with E-state index >= 15 is 0 Å². The number of carbonyl (C=O) groups is 1. The third kappa shape index (κ3) is 2.25. The highest BCUT2D eigenvalue weighted by Crippen LogP contribution is 2.66. The third-order valence-corrected chi connectivity index (χ3v) is 6.82. The van der Waals surface area contributed by atoms with Gasteiger partial charge >= 0.3 is 0 Å². The summed E-state index contributed by atoms with van der Waals surface area (Å²) in [6.45, 7) is 0.796. The first-order chi connectivity index (χ1) is 12.6. The number of ketones is 1. The average molecular weight is 361 g/mol. The molecule has 5 rings (SSSR count). The Bertz CT molecular complexity index is 682. The summed E-state index contributed by atoms with van der Waals surface area (Å²) in [5.41, 5.74) is -0.0597. The zero-order valence-corrected chi connectivity index (χ0v) is 15.3. The molecule has 3 aliphatic carbocycles. The fraction of sp³-hybridized carbons (Fsp3) is 0.650. The van der Waals surface area contributed by atoms with E-state index in [1.807, 2.05) is 6.08 Å². The van der Waals surface area contributed by atoms with Crippen molar-refractivity contribution in [2.24, 2.45) is 23.2 Å². The van der Waals surface area contributed by atoms with Gasteiger partial charge in [0.25, 0.3) is 0 Å². The molecule has 2 unspecified atom stereocenters. The molecule has 6 heteroatoms. The predicted octanol–water partition coefficient (Wildman–Crippen LogP) is 0.866. The topological polar surface area (TPSA) is 79.2 Å². The number of piperidine rings is 1. The first-order valence-corrected chi connectivity index (χ1v) is 9.35. The molecule has 6 nitrogen and oxygen atoms in total. The molecule has 0 aromatic rings. The predicted molar refractivity (Wildman–Crippen MR) is 94.9 cm³/mol. The van der Waals surface area contributed by atoms with Crippen LogP contribution in [0.25, 0.3) is 0 Å². The molecule has 5 aliphatic rings. The monoisotopic (exact) mass is 361 g/mol. The highest BCUT2D eigenvalue weighted by atomic mass is 16.5. The molecule has 1 spiro atoms. The quantitative estimate of drug-likeness (QED) is 0.760. The molecule has 2 bridgehead atoms. The van der Waals surface area contributed by atoms with E-state index < -0.39 is 0 Å². The fourth-order valence-electron chi connectivity index (χ4n) is 5.83. The van der Waals surface area contributed by atoms with Gasteiger partial charge in [-0.15, -0.1) is 0 Å². The van der Waals surface area contributed by atoms with Crippen LogP contribution in [0.4, 0.5) is 0 Å². The van der Waals surface area contributed by atoms with Crippen LogP contribution >= 0.6 is 0 Å². The Balaban J connectivity index is 0.000000385. The zero-order chi connectivity index (χ0) is 18.5. The molecule has 142 valence electrons. The van der Waals surface area contributed by atoms with Crippen LogP contribution in [0.1, 0.15) is 12.8 Å². The van der Waals surface area contributed by atoms with Gasteiger partial charge in [0, 0.05) is 23.3 Å². The smallest absolute Gasteiger partial charge is 0.196 e. The molecule has 6 atom stereocenters. The van der Waals surface area contributed by atoms with Crippen LogP contribution in [0, 0.1) is 23.2 Å². The van der Waals surface area contributed by atoms with Crippen LogP contribution < -0.4 is 0 Å². The van der Waals surface area contributed by atoms with Gasteiger partial charge in [0.05, 0.1) is 20.3 Å². The van der Waals surface area contributed by atoms with Crippen molar-refractivity contribution in [3.05, 3.63) is 35.8 Å². The maximum Gasteiger partial charge on any atom is 0.196 e.